The normalized spacial score (nSPS) is 20.3. The van der Waals surface area contributed by atoms with Gasteiger partial charge in [-0.1, -0.05) is 29.8 Å². The molecule has 2 aromatic rings. The van der Waals surface area contributed by atoms with Crippen LogP contribution in [0.25, 0.3) is 0 Å². The Labute approximate surface area is 172 Å². The van der Waals surface area contributed by atoms with Crippen molar-refractivity contribution in [3.8, 4) is 0 Å². The third-order valence-electron chi connectivity index (χ3n) is 4.62. The van der Waals surface area contributed by atoms with Gasteiger partial charge in [0.25, 0.3) is 0 Å². The zero-order chi connectivity index (χ0) is 17.5. The average molecular weight is 469 g/mol. The highest BCUT2D eigenvalue weighted by Crippen LogP contribution is 2.33. The zero-order valence-electron chi connectivity index (χ0n) is 15.4. The summed E-state index contributed by atoms with van der Waals surface area (Å²) in [7, 11) is 1.78. The maximum Gasteiger partial charge on any atom is 0.191 e. The summed E-state index contributed by atoms with van der Waals surface area (Å²) in [5.74, 6) is 2.10. The summed E-state index contributed by atoms with van der Waals surface area (Å²) in [4.78, 5) is 4.29. The summed E-state index contributed by atoms with van der Waals surface area (Å²) < 4.78 is 11.4. The second kappa shape index (κ2) is 10.6. The highest BCUT2D eigenvalue weighted by Gasteiger charge is 2.27. The van der Waals surface area contributed by atoms with Crippen molar-refractivity contribution >= 4 is 29.9 Å². The molecule has 2 unspecified atom stereocenters. The van der Waals surface area contributed by atoms with Crippen molar-refractivity contribution in [3.05, 3.63) is 59.5 Å². The Balaban J connectivity index is 0.00000243. The Morgan fingerprint density at radius 1 is 1.19 bits per heavy atom. The fourth-order valence-corrected chi connectivity index (χ4v) is 3.21. The lowest BCUT2D eigenvalue weighted by Gasteiger charge is -2.32. The number of guanidine groups is 1. The van der Waals surface area contributed by atoms with E-state index in [4.69, 9.17) is 9.15 Å². The van der Waals surface area contributed by atoms with Gasteiger partial charge in [0.05, 0.1) is 18.9 Å². The summed E-state index contributed by atoms with van der Waals surface area (Å²) in [5.41, 5.74) is 2.53. The summed E-state index contributed by atoms with van der Waals surface area (Å²) >= 11 is 0. The van der Waals surface area contributed by atoms with Crippen LogP contribution < -0.4 is 10.6 Å². The molecule has 1 fully saturated rings. The number of rotatable bonds is 5. The molecule has 1 aromatic heterocycles. The van der Waals surface area contributed by atoms with Gasteiger partial charge in [-0.25, -0.2) is 0 Å². The molecule has 0 spiro atoms. The minimum absolute atomic E-state index is 0. The molecule has 2 N–H and O–H groups in total. The molecule has 2 heterocycles. The largest absolute Gasteiger partial charge is 0.467 e. The number of nitrogens with one attached hydrogen (secondary N) is 2. The minimum atomic E-state index is 0. The molecule has 1 aliphatic rings. The smallest absolute Gasteiger partial charge is 0.191 e. The van der Waals surface area contributed by atoms with Gasteiger partial charge in [-0.05, 0) is 37.5 Å². The SMILES string of the molecule is CN=C(NCc1ccco1)NCC1CCCOC1c1ccc(C)cc1.I. The van der Waals surface area contributed by atoms with Crippen molar-refractivity contribution in [2.24, 2.45) is 10.9 Å². The van der Waals surface area contributed by atoms with Crippen LogP contribution in [0.2, 0.25) is 0 Å². The lowest BCUT2D eigenvalue weighted by molar-refractivity contribution is -0.0265. The van der Waals surface area contributed by atoms with Gasteiger partial charge in [-0.3, -0.25) is 4.99 Å². The molecule has 0 radical (unpaired) electrons. The zero-order valence-corrected chi connectivity index (χ0v) is 17.7. The van der Waals surface area contributed by atoms with Crippen LogP contribution in [0.4, 0.5) is 0 Å². The Hall–Kier alpha value is -1.54. The van der Waals surface area contributed by atoms with Crippen LogP contribution in [0.15, 0.2) is 52.1 Å². The molecule has 6 heteroatoms. The third kappa shape index (κ3) is 5.74. The fraction of sp³-hybridized carbons (Fsp3) is 0.450. The average Bonchev–Trinajstić information content (AvgIpc) is 3.16. The summed E-state index contributed by atoms with van der Waals surface area (Å²) in [6.07, 6.45) is 4.08. The molecule has 1 saturated heterocycles. The number of halogens is 1. The number of hydrogen-bond acceptors (Lipinski definition) is 3. The van der Waals surface area contributed by atoms with Crippen molar-refractivity contribution < 1.29 is 9.15 Å². The molecule has 0 bridgehead atoms. The van der Waals surface area contributed by atoms with Gasteiger partial charge in [0, 0.05) is 26.1 Å². The van der Waals surface area contributed by atoms with Crippen molar-refractivity contribution in [2.45, 2.75) is 32.4 Å². The molecule has 0 aliphatic carbocycles. The van der Waals surface area contributed by atoms with E-state index in [2.05, 4.69) is 46.8 Å². The predicted molar refractivity (Wildman–Crippen MR) is 115 cm³/mol. The first-order valence-corrected chi connectivity index (χ1v) is 8.91. The van der Waals surface area contributed by atoms with Crippen LogP contribution >= 0.6 is 24.0 Å². The van der Waals surface area contributed by atoms with Gasteiger partial charge in [0.2, 0.25) is 0 Å². The van der Waals surface area contributed by atoms with E-state index in [-0.39, 0.29) is 30.1 Å². The number of aliphatic imine (C=N–C) groups is 1. The van der Waals surface area contributed by atoms with E-state index >= 15 is 0 Å². The van der Waals surface area contributed by atoms with Crippen molar-refractivity contribution in [3.63, 3.8) is 0 Å². The van der Waals surface area contributed by atoms with E-state index < -0.39 is 0 Å². The van der Waals surface area contributed by atoms with E-state index in [0.717, 1.165) is 37.7 Å². The maximum atomic E-state index is 6.09. The number of nitrogens with zero attached hydrogens (tertiary/aromatic N) is 1. The van der Waals surface area contributed by atoms with Crippen LogP contribution in [-0.2, 0) is 11.3 Å². The molecular weight excluding hydrogens is 441 g/mol. The molecule has 0 amide bonds. The lowest BCUT2D eigenvalue weighted by Crippen LogP contribution is -2.41. The topological polar surface area (TPSA) is 58.8 Å². The first-order chi connectivity index (χ1) is 12.3. The number of furan rings is 1. The molecule has 2 atom stereocenters. The molecule has 0 saturated carbocycles. The number of benzene rings is 1. The molecular formula is C20H28IN3O2. The van der Waals surface area contributed by atoms with Crippen molar-refractivity contribution in [1.29, 1.82) is 0 Å². The molecule has 1 aliphatic heterocycles. The Morgan fingerprint density at radius 2 is 2.00 bits per heavy atom. The van der Waals surface area contributed by atoms with Gasteiger partial charge in [0.1, 0.15) is 5.76 Å². The van der Waals surface area contributed by atoms with E-state index in [1.165, 1.54) is 11.1 Å². The summed E-state index contributed by atoms with van der Waals surface area (Å²) in [6.45, 7) is 4.39. The van der Waals surface area contributed by atoms with Crippen molar-refractivity contribution in [1.82, 2.24) is 10.6 Å². The number of aryl methyl sites for hydroxylation is 1. The van der Waals surface area contributed by atoms with E-state index in [0.29, 0.717) is 12.5 Å². The standard InChI is InChI=1S/C20H27N3O2.HI/c1-15-7-9-16(10-8-15)19-17(5-3-12-25-19)13-22-20(21-2)23-14-18-6-4-11-24-18;/h4,6-11,17,19H,3,5,12-14H2,1-2H3,(H2,21,22,23);1H. The number of hydrogen-bond donors (Lipinski definition) is 2. The van der Waals surface area contributed by atoms with Crippen LogP contribution in [0.3, 0.4) is 0 Å². The Morgan fingerprint density at radius 3 is 2.69 bits per heavy atom. The van der Waals surface area contributed by atoms with E-state index in [1.54, 1.807) is 13.3 Å². The molecule has 1 aromatic carbocycles. The van der Waals surface area contributed by atoms with Crippen LogP contribution in [0.1, 0.15) is 35.8 Å². The Kier molecular flexibility index (Phi) is 8.44. The first-order valence-electron chi connectivity index (χ1n) is 8.91. The van der Waals surface area contributed by atoms with Gasteiger partial charge in [-0.2, -0.15) is 0 Å². The summed E-state index contributed by atoms with van der Waals surface area (Å²) in [6, 6.07) is 12.5. The molecule has 3 rings (SSSR count). The highest BCUT2D eigenvalue weighted by molar-refractivity contribution is 14.0. The quantitative estimate of drug-likeness (QED) is 0.395. The number of ether oxygens (including phenoxy) is 1. The second-order valence-electron chi connectivity index (χ2n) is 6.49. The van der Waals surface area contributed by atoms with Gasteiger partial charge in [0.15, 0.2) is 5.96 Å². The van der Waals surface area contributed by atoms with Crippen LogP contribution in [0.5, 0.6) is 0 Å². The van der Waals surface area contributed by atoms with Crippen molar-refractivity contribution in [2.75, 3.05) is 20.2 Å². The third-order valence-corrected chi connectivity index (χ3v) is 4.62. The maximum absolute atomic E-state index is 6.09. The molecule has 26 heavy (non-hydrogen) atoms. The highest BCUT2D eigenvalue weighted by atomic mass is 127. The molecule has 5 nitrogen and oxygen atoms in total. The molecule has 142 valence electrons. The van der Waals surface area contributed by atoms with E-state index in [1.807, 2.05) is 12.1 Å². The van der Waals surface area contributed by atoms with Gasteiger partial charge in [-0.15, -0.1) is 24.0 Å². The van der Waals surface area contributed by atoms with Gasteiger partial charge < -0.3 is 19.8 Å². The fourth-order valence-electron chi connectivity index (χ4n) is 3.21. The van der Waals surface area contributed by atoms with Gasteiger partial charge >= 0.3 is 0 Å². The van der Waals surface area contributed by atoms with Crippen LogP contribution in [0, 0.1) is 12.8 Å². The van der Waals surface area contributed by atoms with E-state index in [9.17, 15) is 0 Å². The first kappa shape index (κ1) is 20.8. The minimum Gasteiger partial charge on any atom is -0.467 e. The summed E-state index contributed by atoms with van der Waals surface area (Å²) in [5, 5.41) is 6.71. The predicted octanol–water partition coefficient (Wildman–Crippen LogP) is 4.04. The monoisotopic (exact) mass is 469 g/mol. The second-order valence-corrected chi connectivity index (χ2v) is 6.49. The van der Waals surface area contributed by atoms with Crippen LogP contribution in [-0.4, -0.2) is 26.2 Å². The Bertz CT molecular complexity index is 671. The lowest BCUT2D eigenvalue weighted by atomic mass is 9.89.